The Labute approximate surface area is 121 Å². The molecule has 1 heterocycles. The molecule has 4 nitrogen and oxygen atoms in total. The summed E-state index contributed by atoms with van der Waals surface area (Å²) in [5.41, 5.74) is 2.50. The summed E-state index contributed by atoms with van der Waals surface area (Å²) in [6.45, 7) is 0.513. The number of rotatable bonds is 4. The Balaban J connectivity index is 1.75. The van der Waals surface area contributed by atoms with E-state index in [9.17, 15) is 0 Å². The summed E-state index contributed by atoms with van der Waals surface area (Å²) in [5.74, 6) is 1.39. The average molecular weight is 289 g/mol. The molecule has 0 unspecified atom stereocenters. The predicted molar refractivity (Wildman–Crippen MR) is 79.3 cm³/mol. The first-order chi connectivity index (χ1) is 9.74. The molecule has 0 aliphatic rings. The second-order valence-corrected chi connectivity index (χ2v) is 4.74. The van der Waals surface area contributed by atoms with E-state index in [4.69, 9.17) is 20.8 Å². The van der Waals surface area contributed by atoms with Gasteiger partial charge in [0, 0.05) is 16.8 Å². The van der Waals surface area contributed by atoms with Crippen molar-refractivity contribution in [2.24, 2.45) is 0 Å². The van der Waals surface area contributed by atoms with Gasteiger partial charge < -0.3 is 14.5 Å². The van der Waals surface area contributed by atoms with Crippen LogP contribution >= 0.6 is 11.6 Å². The molecule has 102 valence electrons. The van der Waals surface area contributed by atoms with Crippen LogP contribution in [0.2, 0.25) is 5.02 Å². The topological polar surface area (TPSA) is 47.3 Å². The number of hydrogen-bond donors (Lipinski definition) is 1. The number of oxazole rings is 1. The first kappa shape index (κ1) is 12.8. The highest BCUT2D eigenvalue weighted by Gasteiger charge is 2.06. The van der Waals surface area contributed by atoms with Crippen molar-refractivity contribution in [3.63, 3.8) is 0 Å². The lowest BCUT2D eigenvalue weighted by atomic mass is 10.3. The van der Waals surface area contributed by atoms with E-state index >= 15 is 0 Å². The number of anilines is 1. The van der Waals surface area contributed by atoms with Crippen molar-refractivity contribution >= 4 is 28.4 Å². The van der Waals surface area contributed by atoms with Gasteiger partial charge in [-0.3, -0.25) is 0 Å². The van der Waals surface area contributed by atoms with Gasteiger partial charge in [-0.15, -0.1) is 0 Å². The molecule has 0 aliphatic carbocycles. The Kier molecular flexibility index (Phi) is 3.48. The minimum Gasteiger partial charge on any atom is -0.497 e. The molecule has 2 aromatic carbocycles. The third-order valence-corrected chi connectivity index (χ3v) is 3.18. The molecule has 0 spiro atoms. The summed E-state index contributed by atoms with van der Waals surface area (Å²) in [4.78, 5) is 4.42. The third kappa shape index (κ3) is 2.70. The molecule has 0 saturated carbocycles. The highest BCUT2D eigenvalue weighted by molar-refractivity contribution is 6.30. The molecule has 3 aromatic rings. The summed E-state index contributed by atoms with van der Waals surface area (Å²) in [6, 6.07) is 13.0. The number of nitrogens with zero attached hydrogens (tertiary/aromatic N) is 1. The van der Waals surface area contributed by atoms with Crippen LogP contribution in [0.25, 0.3) is 11.1 Å². The van der Waals surface area contributed by atoms with Crippen LogP contribution in [0, 0.1) is 0 Å². The molecule has 0 bridgehead atoms. The van der Waals surface area contributed by atoms with Gasteiger partial charge in [0.05, 0.1) is 13.7 Å². The van der Waals surface area contributed by atoms with Crippen LogP contribution < -0.4 is 10.1 Å². The normalized spacial score (nSPS) is 10.7. The summed E-state index contributed by atoms with van der Waals surface area (Å²) in [6.07, 6.45) is 0. The Bertz CT molecular complexity index is 722. The number of halogens is 1. The number of hydrogen-bond acceptors (Lipinski definition) is 4. The van der Waals surface area contributed by atoms with Crippen LogP contribution in [-0.2, 0) is 6.54 Å². The number of ether oxygens (including phenoxy) is 1. The zero-order valence-electron chi connectivity index (χ0n) is 10.9. The Morgan fingerprint density at radius 2 is 2.00 bits per heavy atom. The zero-order chi connectivity index (χ0) is 13.9. The van der Waals surface area contributed by atoms with Crippen molar-refractivity contribution < 1.29 is 9.15 Å². The number of fused-ring (bicyclic) bond motifs is 1. The SMILES string of the molecule is COc1ccc2oc(CNc3ccc(Cl)cc3)nc2c1. The average Bonchev–Trinajstić information content (AvgIpc) is 2.88. The molecular weight excluding hydrogens is 276 g/mol. The van der Waals surface area contributed by atoms with Crippen LogP contribution in [0.1, 0.15) is 5.89 Å². The fraction of sp³-hybridized carbons (Fsp3) is 0.133. The quantitative estimate of drug-likeness (QED) is 0.785. The van der Waals surface area contributed by atoms with E-state index in [0.29, 0.717) is 17.5 Å². The van der Waals surface area contributed by atoms with Crippen LogP contribution in [0.5, 0.6) is 5.75 Å². The fourth-order valence-corrected chi connectivity index (χ4v) is 2.03. The van der Waals surface area contributed by atoms with Crippen molar-refractivity contribution in [3.05, 3.63) is 53.4 Å². The number of aromatic nitrogens is 1. The molecule has 0 saturated heterocycles. The lowest BCUT2D eigenvalue weighted by molar-refractivity contribution is 0.415. The van der Waals surface area contributed by atoms with Gasteiger partial charge in [0.15, 0.2) is 5.58 Å². The maximum Gasteiger partial charge on any atom is 0.214 e. The first-order valence-corrected chi connectivity index (χ1v) is 6.55. The fourth-order valence-electron chi connectivity index (χ4n) is 1.90. The minimum atomic E-state index is 0.513. The van der Waals surface area contributed by atoms with Gasteiger partial charge in [0.25, 0.3) is 0 Å². The van der Waals surface area contributed by atoms with Crippen molar-refractivity contribution in [2.45, 2.75) is 6.54 Å². The molecule has 1 N–H and O–H groups in total. The van der Waals surface area contributed by atoms with E-state index in [0.717, 1.165) is 22.5 Å². The van der Waals surface area contributed by atoms with E-state index in [1.54, 1.807) is 7.11 Å². The van der Waals surface area contributed by atoms with E-state index in [1.165, 1.54) is 0 Å². The third-order valence-electron chi connectivity index (χ3n) is 2.93. The van der Waals surface area contributed by atoms with E-state index in [1.807, 2.05) is 42.5 Å². The molecule has 3 rings (SSSR count). The summed E-state index contributed by atoms with van der Waals surface area (Å²) in [7, 11) is 1.63. The second kappa shape index (κ2) is 5.43. The molecule has 0 radical (unpaired) electrons. The van der Waals surface area contributed by atoms with E-state index in [-0.39, 0.29) is 0 Å². The Morgan fingerprint density at radius 1 is 1.20 bits per heavy atom. The predicted octanol–water partition coefficient (Wildman–Crippen LogP) is 4.10. The Morgan fingerprint density at radius 3 is 2.75 bits per heavy atom. The highest BCUT2D eigenvalue weighted by atomic mass is 35.5. The van der Waals surface area contributed by atoms with E-state index in [2.05, 4.69) is 10.3 Å². The molecule has 5 heteroatoms. The van der Waals surface area contributed by atoms with Crippen molar-refractivity contribution in [3.8, 4) is 5.75 Å². The van der Waals surface area contributed by atoms with Crippen LogP contribution in [-0.4, -0.2) is 12.1 Å². The monoisotopic (exact) mass is 288 g/mol. The Hall–Kier alpha value is -2.20. The van der Waals surface area contributed by atoms with E-state index < -0.39 is 0 Å². The summed E-state index contributed by atoms with van der Waals surface area (Å²) < 4.78 is 10.8. The standard InChI is InChI=1S/C15H13ClN2O2/c1-19-12-6-7-14-13(8-12)18-15(20-14)9-17-11-4-2-10(16)3-5-11/h2-8,17H,9H2,1H3. The van der Waals surface area contributed by atoms with Crippen molar-refractivity contribution in [1.29, 1.82) is 0 Å². The zero-order valence-corrected chi connectivity index (χ0v) is 11.6. The maximum absolute atomic E-state index is 5.84. The van der Waals surface area contributed by atoms with Crippen LogP contribution in [0.3, 0.4) is 0 Å². The van der Waals surface area contributed by atoms with Crippen LogP contribution in [0.4, 0.5) is 5.69 Å². The first-order valence-electron chi connectivity index (χ1n) is 6.17. The molecule has 20 heavy (non-hydrogen) atoms. The number of benzene rings is 2. The molecule has 1 aromatic heterocycles. The lowest BCUT2D eigenvalue weighted by Crippen LogP contribution is -1.98. The van der Waals surface area contributed by atoms with Crippen molar-refractivity contribution in [1.82, 2.24) is 4.98 Å². The molecule has 0 fully saturated rings. The smallest absolute Gasteiger partial charge is 0.214 e. The molecular formula is C15H13ClN2O2. The van der Waals surface area contributed by atoms with Crippen LogP contribution in [0.15, 0.2) is 46.9 Å². The van der Waals surface area contributed by atoms with Gasteiger partial charge in [0.1, 0.15) is 11.3 Å². The van der Waals surface area contributed by atoms with Gasteiger partial charge in [0.2, 0.25) is 5.89 Å². The molecule has 0 atom stereocenters. The van der Waals surface area contributed by atoms with Gasteiger partial charge >= 0.3 is 0 Å². The minimum absolute atomic E-state index is 0.513. The largest absolute Gasteiger partial charge is 0.497 e. The molecule has 0 amide bonds. The number of methoxy groups -OCH3 is 1. The highest BCUT2D eigenvalue weighted by Crippen LogP contribution is 2.22. The molecule has 0 aliphatic heterocycles. The number of nitrogens with one attached hydrogen (secondary N) is 1. The van der Waals surface area contributed by atoms with Gasteiger partial charge in [-0.1, -0.05) is 11.6 Å². The van der Waals surface area contributed by atoms with Gasteiger partial charge in [-0.05, 0) is 36.4 Å². The second-order valence-electron chi connectivity index (χ2n) is 4.30. The van der Waals surface area contributed by atoms with Gasteiger partial charge in [-0.2, -0.15) is 0 Å². The van der Waals surface area contributed by atoms with Crippen molar-refractivity contribution in [2.75, 3.05) is 12.4 Å². The summed E-state index contributed by atoms with van der Waals surface area (Å²) in [5, 5.41) is 3.94. The lowest BCUT2D eigenvalue weighted by Gasteiger charge is -2.02. The summed E-state index contributed by atoms with van der Waals surface area (Å²) >= 11 is 5.84. The van der Waals surface area contributed by atoms with Gasteiger partial charge in [-0.25, -0.2) is 4.98 Å². The maximum atomic E-state index is 5.84.